The second-order valence-electron chi connectivity index (χ2n) is 5.71. The third-order valence-electron chi connectivity index (χ3n) is 3.47. The van der Waals surface area contributed by atoms with E-state index in [4.69, 9.17) is 0 Å². The van der Waals surface area contributed by atoms with Crippen molar-refractivity contribution in [2.24, 2.45) is 0 Å². The van der Waals surface area contributed by atoms with Gasteiger partial charge in [0.15, 0.2) is 0 Å². The summed E-state index contributed by atoms with van der Waals surface area (Å²) in [5.74, 6) is -0.519. The molecule has 0 aromatic heterocycles. The number of hydrogen-bond donors (Lipinski definition) is 2. The third-order valence-corrected chi connectivity index (χ3v) is 5.01. The van der Waals surface area contributed by atoms with Gasteiger partial charge in [0.05, 0.1) is 11.5 Å². The average molecular weight is 389 g/mol. The largest absolute Gasteiger partial charge is 0.573 e. The molecule has 2 aromatic carbocycles. The van der Waals surface area contributed by atoms with Crippen molar-refractivity contribution >= 4 is 10.0 Å². The lowest BCUT2D eigenvalue weighted by Crippen LogP contribution is -2.39. The molecule has 0 heterocycles. The predicted octanol–water partition coefficient (Wildman–Crippen LogP) is 2.78. The van der Waals surface area contributed by atoms with Crippen molar-refractivity contribution in [3.8, 4) is 5.75 Å². The minimum Gasteiger partial charge on any atom is -0.406 e. The second-order valence-corrected chi connectivity index (χ2v) is 7.43. The summed E-state index contributed by atoms with van der Waals surface area (Å²) < 4.78 is 67.2. The molecule has 1 atom stereocenters. The summed E-state index contributed by atoms with van der Waals surface area (Å²) in [4.78, 5) is -0.227. The maximum absolute atomic E-state index is 12.4. The number of rotatable bonds is 7. The molecule has 0 aliphatic heterocycles. The highest BCUT2D eigenvalue weighted by Gasteiger charge is 2.31. The van der Waals surface area contributed by atoms with Gasteiger partial charge in [-0.05, 0) is 43.2 Å². The summed E-state index contributed by atoms with van der Waals surface area (Å²) >= 11 is 0. The number of hydrogen-bond acceptors (Lipinski definition) is 4. The van der Waals surface area contributed by atoms with Crippen LogP contribution in [-0.2, 0) is 16.4 Å². The van der Waals surface area contributed by atoms with E-state index in [2.05, 4.69) is 9.46 Å². The van der Waals surface area contributed by atoms with Crippen LogP contribution >= 0.6 is 0 Å². The Morgan fingerprint density at radius 1 is 1.15 bits per heavy atom. The molecule has 2 N–H and O–H groups in total. The van der Waals surface area contributed by atoms with E-state index in [0.29, 0.717) is 0 Å². The van der Waals surface area contributed by atoms with Crippen LogP contribution in [0.3, 0.4) is 0 Å². The maximum Gasteiger partial charge on any atom is 0.573 e. The summed E-state index contributed by atoms with van der Waals surface area (Å²) in [6.45, 7) is 1.47. The van der Waals surface area contributed by atoms with Crippen LogP contribution in [-0.4, -0.2) is 32.5 Å². The van der Waals surface area contributed by atoms with Gasteiger partial charge in [0.1, 0.15) is 5.75 Å². The molecule has 2 aromatic rings. The van der Waals surface area contributed by atoms with Gasteiger partial charge >= 0.3 is 6.36 Å². The molecule has 0 saturated heterocycles. The van der Waals surface area contributed by atoms with Gasteiger partial charge < -0.3 is 9.84 Å². The molecular weight excluding hydrogens is 371 g/mol. The Labute approximate surface area is 149 Å². The number of alkyl halides is 3. The zero-order valence-electron chi connectivity index (χ0n) is 13.8. The molecule has 0 aliphatic rings. The first kappa shape index (κ1) is 20.2. The summed E-state index contributed by atoms with van der Waals surface area (Å²) in [5, 5.41) is 9.47. The molecular formula is C17H18F3NO4S. The van der Waals surface area contributed by atoms with E-state index in [1.807, 2.05) is 31.2 Å². The first-order chi connectivity index (χ1) is 12.1. The quantitative estimate of drug-likeness (QED) is 0.764. The lowest BCUT2D eigenvalue weighted by Gasteiger charge is -2.17. The van der Waals surface area contributed by atoms with Crippen LogP contribution in [0.15, 0.2) is 53.4 Å². The smallest absolute Gasteiger partial charge is 0.406 e. The van der Waals surface area contributed by atoms with Crippen LogP contribution in [0.2, 0.25) is 0 Å². The number of nitrogens with one attached hydrogen (secondary N) is 1. The molecule has 26 heavy (non-hydrogen) atoms. The van der Waals surface area contributed by atoms with Crippen molar-refractivity contribution in [2.75, 3.05) is 6.61 Å². The summed E-state index contributed by atoms with van der Waals surface area (Å²) in [6, 6.07) is 10.5. The molecule has 9 heteroatoms. The van der Waals surface area contributed by atoms with E-state index in [-0.39, 0.29) is 11.3 Å². The molecule has 0 amide bonds. The van der Waals surface area contributed by atoms with E-state index in [0.717, 1.165) is 35.4 Å². The number of benzene rings is 2. The Hall–Kier alpha value is -2.10. The highest BCUT2D eigenvalue weighted by Crippen LogP contribution is 2.24. The number of aliphatic hydroxyl groups excluding tert-OH is 1. The van der Waals surface area contributed by atoms with Crippen molar-refractivity contribution in [1.29, 1.82) is 0 Å². The first-order valence-corrected chi connectivity index (χ1v) is 9.12. The molecule has 2 rings (SSSR count). The molecule has 0 spiro atoms. The van der Waals surface area contributed by atoms with Crippen LogP contribution in [0.4, 0.5) is 13.2 Å². The highest BCUT2D eigenvalue weighted by atomic mass is 32.2. The third kappa shape index (κ3) is 6.01. The van der Waals surface area contributed by atoms with Crippen molar-refractivity contribution in [3.05, 3.63) is 59.7 Å². The highest BCUT2D eigenvalue weighted by molar-refractivity contribution is 7.89. The van der Waals surface area contributed by atoms with Crippen molar-refractivity contribution < 1.29 is 31.4 Å². The number of aliphatic hydroxyl groups is 1. The minimum atomic E-state index is -4.85. The monoisotopic (exact) mass is 389 g/mol. The van der Waals surface area contributed by atoms with Gasteiger partial charge in [-0.1, -0.05) is 29.8 Å². The SMILES string of the molecule is Cc1cccc(C[C@@H](CO)NS(=O)(=O)c2ccc(OC(F)(F)F)cc2)c1. The van der Waals surface area contributed by atoms with Gasteiger partial charge in [0, 0.05) is 6.04 Å². The van der Waals surface area contributed by atoms with E-state index in [9.17, 15) is 26.7 Å². The average Bonchev–Trinajstić information content (AvgIpc) is 2.53. The van der Waals surface area contributed by atoms with Crippen LogP contribution in [0.25, 0.3) is 0 Å². The predicted molar refractivity (Wildman–Crippen MR) is 89.2 cm³/mol. The topological polar surface area (TPSA) is 75.6 Å². The summed E-state index contributed by atoms with van der Waals surface area (Å²) in [6.07, 6.45) is -4.58. The first-order valence-electron chi connectivity index (χ1n) is 7.63. The fourth-order valence-electron chi connectivity index (χ4n) is 2.38. The molecule has 0 radical (unpaired) electrons. The van der Waals surface area contributed by atoms with Gasteiger partial charge in [-0.2, -0.15) is 0 Å². The Bertz CT molecular complexity index is 836. The van der Waals surface area contributed by atoms with Crippen LogP contribution in [0.5, 0.6) is 5.75 Å². The molecule has 0 saturated carbocycles. The number of halogens is 3. The van der Waals surface area contributed by atoms with Crippen LogP contribution in [0.1, 0.15) is 11.1 Å². The Morgan fingerprint density at radius 3 is 2.35 bits per heavy atom. The van der Waals surface area contributed by atoms with E-state index in [1.54, 1.807) is 0 Å². The Morgan fingerprint density at radius 2 is 1.81 bits per heavy atom. The van der Waals surface area contributed by atoms with Gasteiger partial charge in [-0.3, -0.25) is 0 Å². The van der Waals surface area contributed by atoms with E-state index < -0.39 is 34.8 Å². The van der Waals surface area contributed by atoms with Crippen LogP contribution < -0.4 is 9.46 Å². The summed E-state index contributed by atoms with van der Waals surface area (Å²) in [7, 11) is -4.01. The van der Waals surface area contributed by atoms with Gasteiger partial charge in [-0.25, -0.2) is 13.1 Å². The normalized spacial score (nSPS) is 13.4. The Balaban J connectivity index is 2.10. The van der Waals surface area contributed by atoms with Gasteiger partial charge in [-0.15, -0.1) is 13.2 Å². The van der Waals surface area contributed by atoms with Crippen molar-refractivity contribution in [2.45, 2.75) is 30.6 Å². The fourth-order valence-corrected chi connectivity index (χ4v) is 3.60. The van der Waals surface area contributed by atoms with Crippen molar-refractivity contribution in [1.82, 2.24) is 4.72 Å². The van der Waals surface area contributed by atoms with Crippen LogP contribution in [0, 0.1) is 6.92 Å². The van der Waals surface area contributed by atoms with Gasteiger partial charge in [0.2, 0.25) is 10.0 Å². The Kier molecular flexibility index (Phi) is 6.27. The fraction of sp³-hybridized carbons (Fsp3) is 0.294. The molecule has 0 bridgehead atoms. The molecule has 142 valence electrons. The molecule has 0 fully saturated rings. The number of ether oxygens (including phenoxy) is 1. The van der Waals surface area contributed by atoms with Crippen molar-refractivity contribution in [3.63, 3.8) is 0 Å². The number of sulfonamides is 1. The second kappa shape index (κ2) is 8.07. The standard InChI is InChI=1S/C17H18F3NO4S/c1-12-3-2-4-13(9-12)10-14(11-22)21-26(23,24)16-7-5-15(6-8-16)25-17(18,19)20/h2-9,14,21-22H,10-11H2,1H3/t14-/m0/s1. The minimum absolute atomic E-state index is 0.227. The van der Waals surface area contributed by atoms with E-state index in [1.165, 1.54) is 0 Å². The molecule has 0 aliphatic carbocycles. The summed E-state index contributed by atoms with van der Waals surface area (Å²) in [5.41, 5.74) is 1.85. The molecule has 0 unspecified atom stereocenters. The lowest BCUT2D eigenvalue weighted by atomic mass is 10.1. The zero-order valence-corrected chi connectivity index (χ0v) is 14.6. The van der Waals surface area contributed by atoms with Gasteiger partial charge in [0.25, 0.3) is 0 Å². The lowest BCUT2D eigenvalue weighted by molar-refractivity contribution is -0.274. The maximum atomic E-state index is 12.4. The number of aryl methyl sites for hydroxylation is 1. The zero-order chi connectivity index (χ0) is 19.4. The molecule has 5 nitrogen and oxygen atoms in total. The van der Waals surface area contributed by atoms with E-state index >= 15 is 0 Å².